The number of hydrogen-bond donors (Lipinski definition) is 2. The number of aromatic hydroxyl groups is 1. The number of carbonyl (C=O) groups excluding carboxylic acids is 1. The number of amides is 1. The average molecular weight is 383 g/mol. The molecule has 2 rings (SSSR count). The first-order valence-corrected chi connectivity index (χ1v) is 6.90. The minimum Gasteiger partial charge on any atom is -0.502 e. The van der Waals surface area contributed by atoms with E-state index in [2.05, 4.69) is 5.32 Å². The molecule has 2 aromatic rings. The molecule has 13 heteroatoms. The number of nitrogens with zero attached hydrogens (tertiary/aromatic N) is 3. The maximum atomic E-state index is 12.2. The number of nitro benzene ring substituents is 3. The Morgan fingerprint density at radius 3 is 2.12 bits per heavy atom. The summed E-state index contributed by atoms with van der Waals surface area (Å²) in [7, 11) is 0. The fourth-order valence-corrected chi connectivity index (χ4v) is 2.19. The zero-order valence-corrected chi connectivity index (χ0v) is 13.2. The highest BCUT2D eigenvalue weighted by Gasteiger charge is 2.26. The van der Waals surface area contributed by atoms with E-state index in [9.17, 15) is 40.2 Å². The Bertz CT molecular complexity index is 961. The second-order valence-electron chi connectivity index (χ2n) is 4.75. The van der Waals surface area contributed by atoms with E-state index >= 15 is 0 Å². The van der Waals surface area contributed by atoms with Gasteiger partial charge in [0.2, 0.25) is 5.75 Å². The average Bonchev–Trinajstić information content (AvgIpc) is 2.56. The smallest absolute Gasteiger partial charge is 0.313 e. The van der Waals surface area contributed by atoms with Gasteiger partial charge in [0.1, 0.15) is 5.69 Å². The Kier molecular flexibility index (Phi) is 4.98. The van der Waals surface area contributed by atoms with Gasteiger partial charge in [0.15, 0.2) is 0 Å². The first kappa shape index (κ1) is 18.5. The minimum atomic E-state index is -1.13. The summed E-state index contributed by atoms with van der Waals surface area (Å²) >= 11 is 5.67. The van der Waals surface area contributed by atoms with Crippen molar-refractivity contribution in [2.45, 2.75) is 0 Å². The lowest BCUT2D eigenvalue weighted by atomic mass is 10.1. The SMILES string of the molecule is O=C(Nc1ccc([N+](=O)[O-])cc1[N+](=O)[O-])c1cc(Cl)cc([N+](=O)[O-])c1O. The molecule has 0 bridgehead atoms. The molecule has 12 nitrogen and oxygen atoms in total. The topological polar surface area (TPSA) is 179 Å². The van der Waals surface area contributed by atoms with Crippen molar-refractivity contribution >= 4 is 40.3 Å². The summed E-state index contributed by atoms with van der Waals surface area (Å²) in [5.41, 5.74) is -3.19. The third-order valence-corrected chi connectivity index (χ3v) is 3.35. The van der Waals surface area contributed by atoms with Gasteiger partial charge in [0.25, 0.3) is 17.3 Å². The number of phenols is 1. The van der Waals surface area contributed by atoms with Crippen molar-refractivity contribution in [2.75, 3.05) is 5.32 Å². The van der Waals surface area contributed by atoms with Crippen LogP contribution in [0.2, 0.25) is 5.02 Å². The molecule has 0 aliphatic carbocycles. The molecule has 0 atom stereocenters. The fraction of sp³-hybridized carbons (Fsp3) is 0. The van der Waals surface area contributed by atoms with Crippen LogP contribution in [-0.4, -0.2) is 25.8 Å². The number of phenolic OH excluding ortho intramolecular Hbond substituents is 1. The highest BCUT2D eigenvalue weighted by molar-refractivity contribution is 6.31. The van der Waals surface area contributed by atoms with Gasteiger partial charge in [-0.25, -0.2) is 0 Å². The van der Waals surface area contributed by atoms with E-state index in [-0.39, 0.29) is 5.02 Å². The van der Waals surface area contributed by atoms with Gasteiger partial charge in [-0.15, -0.1) is 0 Å². The quantitative estimate of drug-likeness (QED) is 0.584. The van der Waals surface area contributed by atoms with Crippen LogP contribution in [0.4, 0.5) is 22.7 Å². The molecule has 2 N–H and O–H groups in total. The zero-order valence-electron chi connectivity index (χ0n) is 12.4. The van der Waals surface area contributed by atoms with Crippen molar-refractivity contribution in [3.05, 3.63) is 71.3 Å². The molecule has 0 heterocycles. The van der Waals surface area contributed by atoms with E-state index in [1.807, 2.05) is 0 Å². The van der Waals surface area contributed by atoms with Crippen LogP contribution in [-0.2, 0) is 0 Å². The van der Waals surface area contributed by atoms with Gasteiger partial charge in [-0.2, -0.15) is 0 Å². The number of carbonyl (C=O) groups is 1. The highest BCUT2D eigenvalue weighted by Crippen LogP contribution is 2.35. The number of rotatable bonds is 5. The maximum absolute atomic E-state index is 12.2. The molecule has 0 aliphatic rings. The number of anilines is 1. The van der Waals surface area contributed by atoms with E-state index in [0.29, 0.717) is 6.07 Å². The van der Waals surface area contributed by atoms with Gasteiger partial charge in [-0.3, -0.25) is 35.1 Å². The van der Waals surface area contributed by atoms with Crippen molar-refractivity contribution in [1.82, 2.24) is 0 Å². The van der Waals surface area contributed by atoms with E-state index in [4.69, 9.17) is 11.6 Å². The van der Waals surface area contributed by atoms with E-state index in [1.165, 1.54) is 0 Å². The molecule has 0 saturated heterocycles. The molecule has 0 fully saturated rings. The molecule has 2 aromatic carbocycles. The van der Waals surface area contributed by atoms with Crippen LogP contribution in [0.3, 0.4) is 0 Å². The van der Waals surface area contributed by atoms with Gasteiger partial charge in [0, 0.05) is 17.2 Å². The maximum Gasteiger partial charge on any atom is 0.313 e. The molecule has 0 aromatic heterocycles. The normalized spacial score (nSPS) is 10.2. The summed E-state index contributed by atoms with van der Waals surface area (Å²) in [5, 5.41) is 44.3. The third-order valence-electron chi connectivity index (χ3n) is 3.13. The highest BCUT2D eigenvalue weighted by atomic mass is 35.5. The lowest BCUT2D eigenvalue weighted by Gasteiger charge is -2.08. The molecule has 0 spiro atoms. The van der Waals surface area contributed by atoms with Gasteiger partial charge in [0.05, 0.1) is 26.4 Å². The van der Waals surface area contributed by atoms with Crippen LogP contribution in [0.15, 0.2) is 30.3 Å². The van der Waals surface area contributed by atoms with Crippen molar-refractivity contribution in [3.8, 4) is 5.75 Å². The molecular formula is C13H7ClN4O8. The van der Waals surface area contributed by atoms with Crippen LogP contribution >= 0.6 is 11.6 Å². The number of benzene rings is 2. The largest absolute Gasteiger partial charge is 0.502 e. The van der Waals surface area contributed by atoms with Gasteiger partial charge < -0.3 is 10.4 Å². The first-order chi connectivity index (χ1) is 12.1. The lowest BCUT2D eigenvalue weighted by molar-refractivity contribution is -0.393. The van der Waals surface area contributed by atoms with Crippen molar-refractivity contribution in [1.29, 1.82) is 0 Å². The van der Waals surface area contributed by atoms with E-state index in [1.54, 1.807) is 0 Å². The second-order valence-corrected chi connectivity index (χ2v) is 5.18. The standard InChI is InChI=1S/C13H7ClN4O8/c14-6-3-8(12(19)11(4-6)18(25)26)13(20)15-9-2-1-7(16(21)22)5-10(9)17(23)24/h1-5,19H,(H,15,20). The van der Waals surface area contributed by atoms with Crippen LogP contribution < -0.4 is 5.32 Å². The summed E-state index contributed by atoms with van der Waals surface area (Å²) < 4.78 is 0. The van der Waals surface area contributed by atoms with Crippen molar-refractivity contribution in [2.24, 2.45) is 0 Å². The molecule has 26 heavy (non-hydrogen) atoms. The molecule has 0 radical (unpaired) electrons. The number of halogens is 1. The Hall–Kier alpha value is -3.80. The molecule has 0 saturated carbocycles. The predicted molar refractivity (Wildman–Crippen MR) is 87.5 cm³/mol. The van der Waals surface area contributed by atoms with Gasteiger partial charge in [-0.05, 0) is 12.1 Å². The third kappa shape index (κ3) is 3.64. The summed E-state index contributed by atoms with van der Waals surface area (Å²) in [6, 6.07) is 4.22. The van der Waals surface area contributed by atoms with Crippen molar-refractivity contribution < 1.29 is 24.7 Å². The first-order valence-electron chi connectivity index (χ1n) is 6.53. The monoisotopic (exact) mass is 382 g/mol. The summed E-state index contributed by atoms with van der Waals surface area (Å²) in [6.45, 7) is 0. The molecule has 134 valence electrons. The zero-order chi connectivity index (χ0) is 19.6. The predicted octanol–water partition coefficient (Wildman–Crippen LogP) is 3.02. The van der Waals surface area contributed by atoms with Crippen LogP contribution in [0.5, 0.6) is 5.75 Å². The minimum absolute atomic E-state index is 0.224. The molecule has 0 unspecified atom stereocenters. The number of nitrogens with one attached hydrogen (secondary N) is 1. The fourth-order valence-electron chi connectivity index (χ4n) is 1.98. The Morgan fingerprint density at radius 2 is 1.58 bits per heavy atom. The molecule has 1 amide bonds. The summed E-state index contributed by atoms with van der Waals surface area (Å²) in [4.78, 5) is 42.1. The van der Waals surface area contributed by atoms with Crippen molar-refractivity contribution in [3.63, 3.8) is 0 Å². The lowest BCUT2D eigenvalue weighted by Crippen LogP contribution is -2.14. The Balaban J connectivity index is 2.47. The Morgan fingerprint density at radius 1 is 0.962 bits per heavy atom. The Labute approximate surface area is 148 Å². The van der Waals surface area contributed by atoms with E-state index in [0.717, 1.165) is 24.3 Å². The van der Waals surface area contributed by atoms with E-state index < -0.39 is 54.7 Å². The van der Waals surface area contributed by atoms with Gasteiger partial charge >= 0.3 is 5.69 Å². The van der Waals surface area contributed by atoms with Crippen LogP contribution in [0.25, 0.3) is 0 Å². The number of hydrogen-bond acceptors (Lipinski definition) is 8. The summed E-state index contributed by atoms with van der Waals surface area (Å²) in [5.74, 6) is -2.12. The van der Waals surface area contributed by atoms with Crippen LogP contribution in [0, 0.1) is 30.3 Å². The number of nitro groups is 3. The second kappa shape index (κ2) is 6.98. The number of non-ortho nitro benzene ring substituents is 1. The van der Waals surface area contributed by atoms with Crippen LogP contribution in [0.1, 0.15) is 10.4 Å². The summed E-state index contributed by atoms with van der Waals surface area (Å²) in [6.07, 6.45) is 0. The molecular weight excluding hydrogens is 376 g/mol. The van der Waals surface area contributed by atoms with Gasteiger partial charge in [-0.1, -0.05) is 11.6 Å². The molecule has 0 aliphatic heterocycles.